The summed E-state index contributed by atoms with van der Waals surface area (Å²) < 4.78 is 0. The quantitative estimate of drug-likeness (QED) is 0.713. The van der Waals surface area contributed by atoms with Gasteiger partial charge < -0.3 is 15.7 Å². The Bertz CT molecular complexity index is 1020. The standard InChI is InChI=1S/C23H24N4O2/c1-15-4-6-17(7-5-15)21-20(16-8-10-19(28)11-9-16)13-25-23(26-21)27-12-2-3-18(14-27)22(24)29/h4-11,13,18,28H,2-3,12,14H2,1H3,(H2,24,29)/t18-/m0/s1. The highest BCUT2D eigenvalue weighted by Crippen LogP contribution is 2.33. The molecule has 1 amide bonds. The Hall–Kier alpha value is -3.41. The van der Waals surface area contributed by atoms with Crippen molar-refractivity contribution in [2.24, 2.45) is 11.7 Å². The van der Waals surface area contributed by atoms with Gasteiger partial charge in [-0.1, -0.05) is 42.0 Å². The number of aromatic nitrogens is 2. The molecule has 4 rings (SSSR count). The number of nitrogens with zero attached hydrogens (tertiary/aromatic N) is 3. The molecule has 3 N–H and O–H groups in total. The number of hydrogen-bond acceptors (Lipinski definition) is 5. The van der Waals surface area contributed by atoms with E-state index in [1.54, 1.807) is 12.1 Å². The molecule has 0 aliphatic carbocycles. The van der Waals surface area contributed by atoms with Crippen molar-refractivity contribution >= 4 is 11.9 Å². The van der Waals surface area contributed by atoms with E-state index in [1.807, 2.05) is 42.3 Å². The predicted octanol–water partition coefficient (Wildman–Crippen LogP) is 3.53. The van der Waals surface area contributed by atoms with Crippen LogP contribution in [0, 0.1) is 12.8 Å². The molecule has 1 saturated heterocycles. The highest BCUT2D eigenvalue weighted by Gasteiger charge is 2.26. The third-order valence-corrected chi connectivity index (χ3v) is 5.39. The van der Waals surface area contributed by atoms with E-state index in [-0.39, 0.29) is 17.6 Å². The van der Waals surface area contributed by atoms with Crippen LogP contribution in [0.1, 0.15) is 18.4 Å². The summed E-state index contributed by atoms with van der Waals surface area (Å²) in [6.07, 6.45) is 3.51. The normalized spacial score (nSPS) is 16.6. The smallest absolute Gasteiger partial charge is 0.225 e. The zero-order chi connectivity index (χ0) is 20.4. The molecule has 0 unspecified atom stereocenters. The van der Waals surface area contributed by atoms with Gasteiger partial charge in [-0.15, -0.1) is 0 Å². The summed E-state index contributed by atoms with van der Waals surface area (Å²) in [5, 5.41) is 9.63. The van der Waals surface area contributed by atoms with Gasteiger partial charge in [0.05, 0.1) is 11.6 Å². The largest absolute Gasteiger partial charge is 0.508 e. The molecule has 1 fully saturated rings. The first-order valence-electron chi connectivity index (χ1n) is 9.79. The van der Waals surface area contributed by atoms with Gasteiger partial charge in [-0.25, -0.2) is 9.97 Å². The second-order valence-corrected chi connectivity index (χ2v) is 7.53. The van der Waals surface area contributed by atoms with E-state index >= 15 is 0 Å². The number of primary amides is 1. The van der Waals surface area contributed by atoms with Crippen molar-refractivity contribution in [1.82, 2.24) is 9.97 Å². The van der Waals surface area contributed by atoms with Gasteiger partial charge in [0, 0.05) is 30.4 Å². The minimum Gasteiger partial charge on any atom is -0.508 e. The fourth-order valence-corrected chi connectivity index (χ4v) is 3.70. The van der Waals surface area contributed by atoms with Crippen molar-refractivity contribution in [1.29, 1.82) is 0 Å². The maximum Gasteiger partial charge on any atom is 0.225 e. The average Bonchev–Trinajstić information content (AvgIpc) is 2.75. The highest BCUT2D eigenvalue weighted by molar-refractivity contribution is 5.81. The van der Waals surface area contributed by atoms with E-state index in [4.69, 9.17) is 10.7 Å². The molecule has 1 aromatic heterocycles. The van der Waals surface area contributed by atoms with Crippen LogP contribution < -0.4 is 10.6 Å². The van der Waals surface area contributed by atoms with Crippen molar-refractivity contribution in [3.8, 4) is 28.1 Å². The number of phenols is 1. The second-order valence-electron chi connectivity index (χ2n) is 7.53. The number of phenolic OH excluding ortho intramolecular Hbond substituents is 1. The van der Waals surface area contributed by atoms with Gasteiger partial charge in [-0.2, -0.15) is 0 Å². The summed E-state index contributed by atoms with van der Waals surface area (Å²) in [6.45, 7) is 3.39. The molecule has 0 radical (unpaired) electrons. The topological polar surface area (TPSA) is 92.3 Å². The number of amides is 1. The monoisotopic (exact) mass is 388 g/mol. The van der Waals surface area contributed by atoms with E-state index in [2.05, 4.69) is 17.1 Å². The number of anilines is 1. The van der Waals surface area contributed by atoms with Crippen molar-refractivity contribution < 1.29 is 9.90 Å². The Kier molecular flexibility index (Phi) is 5.16. The van der Waals surface area contributed by atoms with Gasteiger partial charge in [0.15, 0.2) is 0 Å². The summed E-state index contributed by atoms with van der Waals surface area (Å²) >= 11 is 0. The molecule has 1 aliphatic heterocycles. The molecule has 2 heterocycles. The molecule has 0 saturated carbocycles. The summed E-state index contributed by atoms with van der Waals surface area (Å²) in [7, 11) is 0. The molecule has 1 atom stereocenters. The first-order chi connectivity index (χ1) is 14.0. The third kappa shape index (κ3) is 4.06. The predicted molar refractivity (Wildman–Crippen MR) is 113 cm³/mol. The highest BCUT2D eigenvalue weighted by atomic mass is 16.3. The number of benzene rings is 2. The first kappa shape index (κ1) is 18.9. The van der Waals surface area contributed by atoms with E-state index in [0.29, 0.717) is 12.5 Å². The van der Waals surface area contributed by atoms with Crippen LogP contribution in [-0.4, -0.2) is 34.1 Å². The minimum atomic E-state index is -0.269. The van der Waals surface area contributed by atoms with Crippen LogP contribution in [0.15, 0.2) is 54.7 Å². The number of carbonyl (C=O) groups excluding carboxylic acids is 1. The van der Waals surface area contributed by atoms with E-state index in [9.17, 15) is 9.90 Å². The lowest BCUT2D eigenvalue weighted by Gasteiger charge is -2.31. The number of nitrogens with two attached hydrogens (primary N) is 1. The Morgan fingerprint density at radius 2 is 1.79 bits per heavy atom. The average molecular weight is 388 g/mol. The Morgan fingerprint density at radius 3 is 2.48 bits per heavy atom. The Balaban J connectivity index is 1.77. The van der Waals surface area contributed by atoms with E-state index in [0.717, 1.165) is 41.8 Å². The first-order valence-corrected chi connectivity index (χ1v) is 9.79. The van der Waals surface area contributed by atoms with E-state index < -0.39 is 0 Å². The summed E-state index contributed by atoms with van der Waals surface area (Å²) in [5.41, 5.74) is 10.3. The van der Waals surface area contributed by atoms with Crippen LogP contribution in [0.4, 0.5) is 5.95 Å². The summed E-state index contributed by atoms with van der Waals surface area (Å²) in [6, 6.07) is 15.2. The van der Waals surface area contributed by atoms with E-state index in [1.165, 1.54) is 5.56 Å². The second kappa shape index (κ2) is 7.91. The lowest BCUT2D eigenvalue weighted by Crippen LogP contribution is -2.41. The summed E-state index contributed by atoms with van der Waals surface area (Å²) in [4.78, 5) is 23.2. The molecule has 29 heavy (non-hydrogen) atoms. The van der Waals surface area contributed by atoms with Crippen molar-refractivity contribution in [2.75, 3.05) is 18.0 Å². The number of aryl methyl sites for hydroxylation is 1. The summed E-state index contributed by atoms with van der Waals surface area (Å²) in [5.74, 6) is 0.379. The van der Waals surface area contributed by atoms with Crippen molar-refractivity contribution in [2.45, 2.75) is 19.8 Å². The molecule has 6 nitrogen and oxygen atoms in total. The maximum absolute atomic E-state index is 11.7. The number of aromatic hydroxyl groups is 1. The van der Waals surface area contributed by atoms with Gasteiger partial charge >= 0.3 is 0 Å². The number of carbonyl (C=O) groups is 1. The molecular formula is C23H24N4O2. The van der Waals surface area contributed by atoms with Crippen molar-refractivity contribution in [3.05, 3.63) is 60.3 Å². The van der Waals surface area contributed by atoms with Crippen molar-refractivity contribution in [3.63, 3.8) is 0 Å². The van der Waals surface area contributed by atoms with Crippen LogP contribution in [0.5, 0.6) is 5.75 Å². The van der Waals surface area contributed by atoms with Gasteiger partial charge in [0.2, 0.25) is 11.9 Å². The molecule has 0 spiro atoms. The Labute approximate surface area is 170 Å². The molecule has 0 bridgehead atoms. The number of piperidine rings is 1. The molecular weight excluding hydrogens is 364 g/mol. The molecule has 148 valence electrons. The third-order valence-electron chi connectivity index (χ3n) is 5.39. The molecule has 3 aromatic rings. The molecule has 1 aliphatic rings. The Morgan fingerprint density at radius 1 is 1.10 bits per heavy atom. The maximum atomic E-state index is 11.7. The van der Waals surface area contributed by atoms with Gasteiger partial charge in [0.25, 0.3) is 0 Å². The van der Waals surface area contributed by atoms with Crippen LogP contribution in [0.25, 0.3) is 22.4 Å². The van der Waals surface area contributed by atoms with Crippen LogP contribution in [0.2, 0.25) is 0 Å². The molecule has 6 heteroatoms. The minimum absolute atomic E-state index is 0.174. The lowest BCUT2D eigenvalue weighted by molar-refractivity contribution is -0.122. The zero-order valence-corrected chi connectivity index (χ0v) is 16.4. The number of hydrogen-bond donors (Lipinski definition) is 2. The van der Waals surface area contributed by atoms with Gasteiger partial charge in [-0.3, -0.25) is 4.79 Å². The van der Waals surface area contributed by atoms with Crippen LogP contribution in [0.3, 0.4) is 0 Å². The fourth-order valence-electron chi connectivity index (χ4n) is 3.70. The zero-order valence-electron chi connectivity index (χ0n) is 16.4. The number of rotatable bonds is 4. The van der Waals surface area contributed by atoms with Gasteiger partial charge in [0.1, 0.15) is 5.75 Å². The SMILES string of the molecule is Cc1ccc(-c2nc(N3CCC[C@H](C(N)=O)C3)ncc2-c2ccc(O)cc2)cc1. The van der Waals surface area contributed by atoms with Gasteiger partial charge in [-0.05, 0) is 37.5 Å². The fraction of sp³-hybridized carbons (Fsp3) is 0.261. The lowest BCUT2D eigenvalue weighted by atomic mass is 9.97. The van der Waals surface area contributed by atoms with Crippen LogP contribution >= 0.6 is 0 Å². The molecule has 2 aromatic carbocycles. The van der Waals surface area contributed by atoms with Crippen LogP contribution in [-0.2, 0) is 4.79 Å².